The zero-order valence-corrected chi connectivity index (χ0v) is 14.7. The number of rotatable bonds is 3. The van der Waals surface area contributed by atoms with E-state index in [9.17, 15) is 18.8 Å². The highest BCUT2D eigenvalue weighted by Crippen LogP contribution is 2.26. The maximum Gasteiger partial charge on any atom is 0.327 e. The first-order valence-electron chi connectivity index (χ1n) is 8.54. The molecule has 7 nitrogen and oxygen atoms in total. The molecule has 4 rings (SSSR count). The molecule has 0 aliphatic heterocycles. The summed E-state index contributed by atoms with van der Waals surface area (Å²) in [4.78, 5) is 44.3. The molecule has 3 N–H and O–H groups in total. The Morgan fingerprint density at radius 2 is 1.82 bits per heavy atom. The molecule has 140 valence electrons. The van der Waals surface area contributed by atoms with Crippen LogP contribution in [0.2, 0.25) is 0 Å². The van der Waals surface area contributed by atoms with Crippen molar-refractivity contribution in [2.24, 2.45) is 0 Å². The first kappa shape index (κ1) is 17.6. The SMILES string of the molecule is CC(NC(=O)c1cnc2[nH]c(=O)[nH]c(=O)c2c1)c1ccc(F)c2ccccc12. The van der Waals surface area contributed by atoms with E-state index < -0.39 is 23.2 Å². The first-order valence-corrected chi connectivity index (χ1v) is 8.54. The molecule has 2 aromatic carbocycles. The van der Waals surface area contributed by atoms with E-state index in [2.05, 4.69) is 20.3 Å². The Balaban J connectivity index is 1.67. The molecule has 0 saturated carbocycles. The van der Waals surface area contributed by atoms with Crippen LogP contribution in [-0.4, -0.2) is 20.9 Å². The lowest BCUT2D eigenvalue weighted by molar-refractivity contribution is 0.0940. The number of hydrogen-bond acceptors (Lipinski definition) is 4. The molecular weight excluding hydrogens is 363 g/mol. The van der Waals surface area contributed by atoms with Crippen molar-refractivity contribution in [2.75, 3.05) is 0 Å². The minimum absolute atomic E-state index is 0.0999. The van der Waals surface area contributed by atoms with Crippen LogP contribution < -0.4 is 16.6 Å². The summed E-state index contributed by atoms with van der Waals surface area (Å²) in [5.74, 6) is -0.772. The van der Waals surface area contributed by atoms with Crippen molar-refractivity contribution >= 4 is 27.7 Å². The summed E-state index contributed by atoms with van der Waals surface area (Å²) in [5.41, 5.74) is -0.259. The van der Waals surface area contributed by atoms with E-state index in [4.69, 9.17) is 0 Å². The van der Waals surface area contributed by atoms with Crippen molar-refractivity contribution in [3.8, 4) is 0 Å². The van der Waals surface area contributed by atoms with Gasteiger partial charge >= 0.3 is 5.69 Å². The molecule has 0 radical (unpaired) electrons. The molecule has 28 heavy (non-hydrogen) atoms. The highest BCUT2D eigenvalue weighted by molar-refractivity contribution is 5.97. The van der Waals surface area contributed by atoms with E-state index in [-0.39, 0.29) is 22.4 Å². The number of carbonyl (C=O) groups is 1. The maximum absolute atomic E-state index is 14.0. The van der Waals surface area contributed by atoms with Crippen LogP contribution in [0.1, 0.15) is 28.9 Å². The molecule has 4 aromatic rings. The average molecular weight is 378 g/mol. The third kappa shape index (κ3) is 3.05. The number of hydrogen-bond donors (Lipinski definition) is 3. The summed E-state index contributed by atoms with van der Waals surface area (Å²) >= 11 is 0. The molecule has 1 atom stereocenters. The van der Waals surface area contributed by atoms with Gasteiger partial charge in [0.15, 0.2) is 0 Å². The Labute approximate surface area is 157 Å². The summed E-state index contributed by atoms with van der Waals surface area (Å²) in [6, 6.07) is 11.0. The molecule has 0 spiro atoms. The Morgan fingerprint density at radius 3 is 2.61 bits per heavy atom. The van der Waals surface area contributed by atoms with Gasteiger partial charge in [0.05, 0.1) is 17.0 Å². The van der Waals surface area contributed by atoms with Gasteiger partial charge in [-0.25, -0.2) is 14.2 Å². The lowest BCUT2D eigenvalue weighted by atomic mass is 9.99. The number of H-pyrrole nitrogens is 2. The van der Waals surface area contributed by atoms with Crippen LogP contribution in [-0.2, 0) is 0 Å². The number of nitrogens with one attached hydrogen (secondary N) is 3. The largest absolute Gasteiger partial charge is 0.345 e. The molecule has 2 aromatic heterocycles. The predicted octanol–water partition coefficient (Wildman–Crippen LogP) is 2.39. The van der Waals surface area contributed by atoms with Gasteiger partial charge in [-0.05, 0) is 30.0 Å². The molecule has 0 aliphatic rings. The normalized spacial score (nSPS) is 12.2. The van der Waals surface area contributed by atoms with Crippen LogP contribution in [0, 0.1) is 5.82 Å². The van der Waals surface area contributed by atoms with E-state index in [0.717, 1.165) is 5.56 Å². The van der Waals surface area contributed by atoms with Crippen molar-refractivity contribution < 1.29 is 9.18 Å². The number of aromatic amines is 2. The summed E-state index contributed by atoms with van der Waals surface area (Å²) in [7, 11) is 0. The van der Waals surface area contributed by atoms with Gasteiger partial charge in [-0.2, -0.15) is 0 Å². The molecule has 2 heterocycles. The van der Waals surface area contributed by atoms with Gasteiger partial charge in [0.1, 0.15) is 11.5 Å². The minimum atomic E-state index is -0.668. The monoisotopic (exact) mass is 378 g/mol. The number of carbonyl (C=O) groups excluding carboxylic acids is 1. The first-order chi connectivity index (χ1) is 13.4. The van der Waals surface area contributed by atoms with E-state index in [0.29, 0.717) is 10.8 Å². The number of halogens is 1. The molecule has 0 aliphatic carbocycles. The van der Waals surface area contributed by atoms with Crippen LogP contribution in [0.15, 0.2) is 58.3 Å². The molecule has 0 bridgehead atoms. The van der Waals surface area contributed by atoms with E-state index in [1.54, 1.807) is 37.3 Å². The van der Waals surface area contributed by atoms with E-state index in [1.165, 1.54) is 18.3 Å². The fourth-order valence-corrected chi connectivity index (χ4v) is 3.19. The summed E-state index contributed by atoms with van der Waals surface area (Å²) in [5, 5.41) is 4.12. The molecular formula is C20H15FN4O3. The van der Waals surface area contributed by atoms with Crippen LogP contribution in [0.25, 0.3) is 21.8 Å². The van der Waals surface area contributed by atoms with E-state index in [1.807, 2.05) is 0 Å². The van der Waals surface area contributed by atoms with Crippen molar-refractivity contribution in [1.82, 2.24) is 20.3 Å². The van der Waals surface area contributed by atoms with Gasteiger partial charge in [-0.15, -0.1) is 0 Å². The highest BCUT2D eigenvalue weighted by Gasteiger charge is 2.16. The molecule has 0 fully saturated rings. The maximum atomic E-state index is 14.0. The zero-order valence-electron chi connectivity index (χ0n) is 14.7. The summed E-state index contributed by atoms with van der Waals surface area (Å²) in [6.07, 6.45) is 1.28. The average Bonchev–Trinajstić information content (AvgIpc) is 2.68. The highest BCUT2D eigenvalue weighted by atomic mass is 19.1. The second-order valence-electron chi connectivity index (χ2n) is 6.41. The van der Waals surface area contributed by atoms with Crippen LogP contribution in [0.4, 0.5) is 4.39 Å². The van der Waals surface area contributed by atoms with Crippen molar-refractivity contribution in [3.05, 3.63) is 86.4 Å². The standard InChI is InChI=1S/C20H15FN4O3/c1-10(12-6-7-16(21)14-5-3-2-4-13(12)14)23-18(26)11-8-15-17(22-9-11)24-20(28)25-19(15)27/h2-10H,1H3,(H,23,26)(H2,22,24,25,27,28). The molecule has 1 amide bonds. The number of fused-ring (bicyclic) bond motifs is 2. The third-order valence-electron chi connectivity index (χ3n) is 4.57. The fourth-order valence-electron chi connectivity index (χ4n) is 3.19. The van der Waals surface area contributed by atoms with Gasteiger partial charge in [0.2, 0.25) is 0 Å². The lowest BCUT2D eigenvalue weighted by Crippen LogP contribution is -2.28. The number of pyridine rings is 1. The molecule has 8 heteroatoms. The third-order valence-corrected chi connectivity index (χ3v) is 4.57. The minimum Gasteiger partial charge on any atom is -0.345 e. The fraction of sp³-hybridized carbons (Fsp3) is 0.100. The van der Waals surface area contributed by atoms with Gasteiger partial charge in [0.25, 0.3) is 11.5 Å². The smallest absolute Gasteiger partial charge is 0.327 e. The molecule has 1 unspecified atom stereocenters. The van der Waals surface area contributed by atoms with Crippen molar-refractivity contribution in [3.63, 3.8) is 0 Å². The topological polar surface area (TPSA) is 108 Å². The molecule has 0 saturated heterocycles. The number of amides is 1. The Bertz CT molecular complexity index is 1340. The number of aromatic nitrogens is 3. The summed E-state index contributed by atoms with van der Waals surface area (Å²) in [6.45, 7) is 1.79. The lowest BCUT2D eigenvalue weighted by Gasteiger charge is -2.17. The van der Waals surface area contributed by atoms with Crippen LogP contribution >= 0.6 is 0 Å². The Kier molecular flexibility index (Phi) is 4.23. The quantitative estimate of drug-likeness (QED) is 0.509. The van der Waals surface area contributed by atoms with Gasteiger partial charge in [0, 0.05) is 11.6 Å². The van der Waals surface area contributed by atoms with Gasteiger partial charge < -0.3 is 5.32 Å². The van der Waals surface area contributed by atoms with Crippen LogP contribution in [0.5, 0.6) is 0 Å². The second-order valence-corrected chi connectivity index (χ2v) is 6.41. The Hall–Kier alpha value is -3.81. The number of nitrogens with zero attached hydrogens (tertiary/aromatic N) is 1. The Morgan fingerprint density at radius 1 is 1.07 bits per heavy atom. The zero-order chi connectivity index (χ0) is 19.8. The van der Waals surface area contributed by atoms with Gasteiger partial charge in [-0.1, -0.05) is 30.3 Å². The number of benzene rings is 2. The van der Waals surface area contributed by atoms with Crippen molar-refractivity contribution in [2.45, 2.75) is 13.0 Å². The van der Waals surface area contributed by atoms with E-state index >= 15 is 0 Å². The summed E-state index contributed by atoms with van der Waals surface area (Å²) < 4.78 is 14.0. The van der Waals surface area contributed by atoms with Crippen LogP contribution in [0.3, 0.4) is 0 Å². The second kappa shape index (κ2) is 6.73. The van der Waals surface area contributed by atoms with Crippen molar-refractivity contribution in [1.29, 1.82) is 0 Å². The van der Waals surface area contributed by atoms with Gasteiger partial charge in [-0.3, -0.25) is 19.6 Å². The predicted molar refractivity (Wildman–Crippen MR) is 103 cm³/mol.